The van der Waals surface area contributed by atoms with E-state index in [-0.39, 0.29) is 17.2 Å². The Morgan fingerprint density at radius 1 is 1.50 bits per heavy atom. The third kappa shape index (κ3) is 2.65. The Bertz CT molecular complexity index is 582. The third-order valence-corrected chi connectivity index (χ3v) is 2.57. The molecule has 1 heterocycles. The number of aryl methyl sites for hydroxylation is 1. The molecule has 0 bridgehead atoms. The first-order valence-corrected chi connectivity index (χ1v) is 5.68. The minimum absolute atomic E-state index is 0.0240. The monoisotopic (exact) mass is 265 g/mol. The maximum absolute atomic E-state index is 13.6. The summed E-state index contributed by atoms with van der Waals surface area (Å²) >= 11 is 4.81. The van der Waals surface area contributed by atoms with Crippen LogP contribution in [0.15, 0.2) is 30.5 Å². The van der Waals surface area contributed by atoms with Crippen molar-refractivity contribution in [2.75, 3.05) is 0 Å². The van der Waals surface area contributed by atoms with Crippen LogP contribution < -0.4 is 10.5 Å². The summed E-state index contributed by atoms with van der Waals surface area (Å²) in [6.07, 6.45) is 1.80. The minimum Gasteiger partial charge on any atom is -0.486 e. The number of ether oxygens (including phenoxy) is 1. The normalized spacial score (nSPS) is 10.3. The van der Waals surface area contributed by atoms with Gasteiger partial charge in [0.25, 0.3) is 0 Å². The van der Waals surface area contributed by atoms with Crippen molar-refractivity contribution in [2.45, 2.75) is 6.61 Å². The summed E-state index contributed by atoms with van der Waals surface area (Å²) in [6, 6.07) is 6.28. The zero-order valence-corrected chi connectivity index (χ0v) is 10.6. The number of nitrogens with two attached hydrogens (primary N) is 1. The van der Waals surface area contributed by atoms with Crippen LogP contribution in [0.5, 0.6) is 5.75 Å². The molecule has 0 spiro atoms. The van der Waals surface area contributed by atoms with E-state index in [1.807, 2.05) is 13.1 Å². The van der Waals surface area contributed by atoms with Crippen molar-refractivity contribution in [3.05, 3.63) is 47.5 Å². The quantitative estimate of drug-likeness (QED) is 0.856. The van der Waals surface area contributed by atoms with Crippen molar-refractivity contribution in [1.82, 2.24) is 9.78 Å². The Hall–Kier alpha value is -1.95. The molecule has 6 heteroatoms. The number of hydrogen-bond acceptors (Lipinski definition) is 3. The van der Waals surface area contributed by atoms with Crippen LogP contribution in [-0.4, -0.2) is 14.8 Å². The van der Waals surface area contributed by atoms with Gasteiger partial charge in [-0.15, -0.1) is 0 Å². The van der Waals surface area contributed by atoms with Gasteiger partial charge in [-0.2, -0.15) is 5.10 Å². The molecule has 0 aliphatic heterocycles. The van der Waals surface area contributed by atoms with Gasteiger partial charge in [0.2, 0.25) is 0 Å². The van der Waals surface area contributed by atoms with E-state index in [1.165, 1.54) is 6.07 Å². The molecule has 2 aromatic rings. The van der Waals surface area contributed by atoms with Crippen LogP contribution in [0.4, 0.5) is 4.39 Å². The molecule has 1 aromatic carbocycles. The van der Waals surface area contributed by atoms with E-state index in [9.17, 15) is 4.39 Å². The average molecular weight is 265 g/mol. The van der Waals surface area contributed by atoms with E-state index in [4.69, 9.17) is 22.7 Å². The first-order valence-electron chi connectivity index (χ1n) is 5.27. The van der Waals surface area contributed by atoms with E-state index >= 15 is 0 Å². The fraction of sp³-hybridized carbons (Fsp3) is 0.167. The molecule has 0 atom stereocenters. The summed E-state index contributed by atoms with van der Waals surface area (Å²) in [4.78, 5) is -0.0240. The van der Waals surface area contributed by atoms with Gasteiger partial charge in [0, 0.05) is 13.2 Å². The number of aromatic nitrogens is 2. The second kappa shape index (κ2) is 5.14. The maximum atomic E-state index is 13.6. The first kappa shape index (κ1) is 12.5. The molecule has 18 heavy (non-hydrogen) atoms. The standard InChI is InChI=1S/C12H12FN3OS/c1-16-6-5-8(15-16)7-17-10-4-2-3-9(13)11(10)12(14)18/h2-6H,7H2,1H3,(H2,14,18). The van der Waals surface area contributed by atoms with E-state index in [0.29, 0.717) is 5.75 Å². The van der Waals surface area contributed by atoms with Crippen LogP contribution in [-0.2, 0) is 13.7 Å². The fourth-order valence-corrected chi connectivity index (χ4v) is 1.75. The van der Waals surface area contributed by atoms with Gasteiger partial charge < -0.3 is 10.5 Å². The van der Waals surface area contributed by atoms with Crippen molar-refractivity contribution in [1.29, 1.82) is 0 Å². The number of rotatable bonds is 4. The highest BCUT2D eigenvalue weighted by Crippen LogP contribution is 2.22. The molecule has 94 valence electrons. The Morgan fingerprint density at radius 2 is 2.28 bits per heavy atom. The van der Waals surface area contributed by atoms with Crippen LogP contribution in [0.1, 0.15) is 11.3 Å². The second-order valence-corrected chi connectivity index (χ2v) is 4.19. The van der Waals surface area contributed by atoms with Gasteiger partial charge in [-0.05, 0) is 18.2 Å². The van der Waals surface area contributed by atoms with Crippen LogP contribution in [0.25, 0.3) is 0 Å². The van der Waals surface area contributed by atoms with Gasteiger partial charge >= 0.3 is 0 Å². The van der Waals surface area contributed by atoms with Gasteiger partial charge in [-0.3, -0.25) is 4.68 Å². The van der Waals surface area contributed by atoms with Gasteiger partial charge in [-0.1, -0.05) is 18.3 Å². The zero-order chi connectivity index (χ0) is 13.1. The molecule has 0 fully saturated rings. The van der Waals surface area contributed by atoms with E-state index < -0.39 is 5.82 Å². The summed E-state index contributed by atoms with van der Waals surface area (Å²) in [5.74, 6) is -0.158. The van der Waals surface area contributed by atoms with Gasteiger partial charge in [0.15, 0.2) is 0 Å². The highest BCUT2D eigenvalue weighted by atomic mass is 32.1. The molecule has 0 aliphatic carbocycles. The van der Waals surface area contributed by atoms with E-state index in [2.05, 4.69) is 5.10 Å². The first-order chi connectivity index (χ1) is 8.58. The molecule has 2 rings (SSSR count). The minimum atomic E-state index is -0.485. The molecule has 0 aliphatic rings. The van der Waals surface area contributed by atoms with Crippen molar-refractivity contribution < 1.29 is 9.13 Å². The molecule has 4 nitrogen and oxygen atoms in total. The molecular weight excluding hydrogens is 253 g/mol. The number of thiocarbonyl (C=S) groups is 1. The Kier molecular flexibility index (Phi) is 3.57. The summed E-state index contributed by atoms with van der Waals surface area (Å²) in [5, 5.41) is 4.16. The van der Waals surface area contributed by atoms with Crippen molar-refractivity contribution in [3.63, 3.8) is 0 Å². The molecule has 0 unspecified atom stereocenters. The lowest BCUT2D eigenvalue weighted by atomic mass is 10.2. The van der Waals surface area contributed by atoms with E-state index in [0.717, 1.165) is 5.69 Å². The lowest BCUT2D eigenvalue weighted by Crippen LogP contribution is -2.14. The Morgan fingerprint density at radius 3 is 2.89 bits per heavy atom. The Balaban J connectivity index is 2.19. The number of hydrogen-bond donors (Lipinski definition) is 1. The molecule has 2 N–H and O–H groups in total. The summed E-state index contributed by atoms with van der Waals surface area (Å²) < 4.78 is 20.7. The van der Waals surface area contributed by atoms with Gasteiger partial charge in [0.05, 0.1) is 11.3 Å². The van der Waals surface area contributed by atoms with E-state index in [1.54, 1.807) is 23.0 Å². The number of nitrogens with zero attached hydrogens (tertiary/aromatic N) is 2. The molecule has 0 saturated carbocycles. The lowest BCUT2D eigenvalue weighted by Gasteiger charge is -2.10. The van der Waals surface area contributed by atoms with Crippen LogP contribution >= 0.6 is 12.2 Å². The summed E-state index contributed by atoms with van der Waals surface area (Å²) in [6.45, 7) is 0.236. The largest absolute Gasteiger partial charge is 0.486 e. The highest BCUT2D eigenvalue weighted by molar-refractivity contribution is 7.80. The van der Waals surface area contributed by atoms with Gasteiger partial charge in [0.1, 0.15) is 23.2 Å². The van der Waals surface area contributed by atoms with Crippen LogP contribution in [0.2, 0.25) is 0 Å². The SMILES string of the molecule is Cn1ccc(COc2cccc(F)c2C(N)=S)n1. The van der Waals surface area contributed by atoms with Crippen molar-refractivity contribution >= 4 is 17.2 Å². The number of benzene rings is 1. The molecular formula is C12H12FN3OS. The second-order valence-electron chi connectivity index (χ2n) is 3.75. The molecule has 0 saturated heterocycles. The average Bonchev–Trinajstić information content (AvgIpc) is 2.72. The topological polar surface area (TPSA) is 53.1 Å². The lowest BCUT2D eigenvalue weighted by molar-refractivity contribution is 0.298. The maximum Gasteiger partial charge on any atom is 0.137 e. The predicted molar refractivity (Wildman–Crippen MR) is 69.8 cm³/mol. The highest BCUT2D eigenvalue weighted by Gasteiger charge is 2.12. The van der Waals surface area contributed by atoms with Crippen LogP contribution in [0.3, 0.4) is 0 Å². The molecule has 0 radical (unpaired) electrons. The van der Waals surface area contributed by atoms with Crippen molar-refractivity contribution in [3.8, 4) is 5.75 Å². The predicted octanol–water partition coefficient (Wildman–Crippen LogP) is 1.77. The van der Waals surface area contributed by atoms with Crippen molar-refractivity contribution in [2.24, 2.45) is 12.8 Å². The molecule has 0 amide bonds. The molecule has 1 aromatic heterocycles. The number of halogens is 1. The third-order valence-electron chi connectivity index (χ3n) is 2.37. The smallest absolute Gasteiger partial charge is 0.137 e. The Labute approximate surface area is 109 Å². The summed E-state index contributed by atoms with van der Waals surface area (Å²) in [7, 11) is 1.81. The summed E-state index contributed by atoms with van der Waals surface area (Å²) in [5.41, 5.74) is 6.35. The zero-order valence-electron chi connectivity index (χ0n) is 9.76. The fourth-order valence-electron chi connectivity index (χ4n) is 1.56. The van der Waals surface area contributed by atoms with Crippen LogP contribution in [0, 0.1) is 5.82 Å². The van der Waals surface area contributed by atoms with Gasteiger partial charge in [-0.25, -0.2) is 4.39 Å².